The molecular formula is C22H33NO3. The summed E-state index contributed by atoms with van der Waals surface area (Å²) in [6, 6.07) is 0. The molecule has 4 heteroatoms. The SMILES string of the molecule is C=C1[C@@H]2CC[C@]3(CC[C@H]4[C@@]5(CCC[C@@]4(C)C(=O)N(CCO)C5)[C@@H]3C2)[C@@H]1O. The first-order valence-corrected chi connectivity index (χ1v) is 10.7. The van der Waals surface area contributed by atoms with Crippen molar-refractivity contribution in [3.63, 3.8) is 0 Å². The Labute approximate surface area is 156 Å². The molecule has 144 valence electrons. The Morgan fingerprint density at radius 1 is 1.15 bits per heavy atom. The second kappa shape index (κ2) is 5.35. The average molecular weight is 360 g/mol. The van der Waals surface area contributed by atoms with Crippen molar-refractivity contribution in [2.24, 2.45) is 34.0 Å². The van der Waals surface area contributed by atoms with Crippen LogP contribution in [0.3, 0.4) is 0 Å². The van der Waals surface area contributed by atoms with Crippen molar-refractivity contribution < 1.29 is 15.0 Å². The van der Waals surface area contributed by atoms with E-state index in [0.717, 1.165) is 50.6 Å². The summed E-state index contributed by atoms with van der Waals surface area (Å²) >= 11 is 0. The van der Waals surface area contributed by atoms with Crippen LogP contribution < -0.4 is 0 Å². The van der Waals surface area contributed by atoms with E-state index in [9.17, 15) is 15.0 Å². The zero-order valence-electron chi connectivity index (χ0n) is 16.0. The minimum atomic E-state index is -0.354. The lowest BCUT2D eigenvalue weighted by Crippen LogP contribution is -2.72. The molecule has 1 amide bonds. The summed E-state index contributed by atoms with van der Waals surface area (Å²) in [5, 5.41) is 20.7. The monoisotopic (exact) mass is 359 g/mol. The molecular weight excluding hydrogens is 326 g/mol. The number of β-amino-alcohol motifs (C(OH)–C–C–N with tert-alkyl or cyclic N) is 1. The Kier molecular flexibility index (Phi) is 3.55. The fraction of sp³-hybridized carbons (Fsp3) is 0.864. The number of aliphatic hydroxyl groups excluding tert-OH is 2. The summed E-state index contributed by atoms with van der Waals surface area (Å²) in [4.78, 5) is 15.3. The number of fused-ring (bicyclic) bond motifs is 2. The molecule has 6 rings (SSSR count). The second-order valence-corrected chi connectivity index (χ2v) is 10.3. The van der Waals surface area contributed by atoms with Crippen LogP contribution in [0.2, 0.25) is 0 Å². The first kappa shape index (κ1) is 17.2. The predicted molar refractivity (Wildman–Crippen MR) is 99.2 cm³/mol. The maximum absolute atomic E-state index is 13.3. The molecule has 6 aliphatic rings. The molecule has 1 saturated heterocycles. The number of amides is 1. The molecule has 1 aliphatic heterocycles. The Hall–Kier alpha value is -0.870. The van der Waals surface area contributed by atoms with Crippen molar-refractivity contribution in [3.05, 3.63) is 12.2 Å². The van der Waals surface area contributed by atoms with E-state index in [4.69, 9.17) is 0 Å². The summed E-state index contributed by atoms with van der Waals surface area (Å²) in [6.07, 6.45) is 8.53. The molecule has 0 aromatic rings. The van der Waals surface area contributed by atoms with Gasteiger partial charge in [-0.2, -0.15) is 0 Å². The number of hydrogen-bond donors (Lipinski definition) is 2. The van der Waals surface area contributed by atoms with Gasteiger partial charge in [0, 0.05) is 23.9 Å². The van der Waals surface area contributed by atoms with Gasteiger partial charge in [-0.15, -0.1) is 0 Å². The smallest absolute Gasteiger partial charge is 0.228 e. The lowest BCUT2D eigenvalue weighted by Gasteiger charge is -2.72. The molecule has 26 heavy (non-hydrogen) atoms. The molecule has 1 spiro atoms. The number of carbonyl (C=O) groups is 1. The van der Waals surface area contributed by atoms with Crippen molar-refractivity contribution in [1.29, 1.82) is 0 Å². The molecule has 0 unspecified atom stereocenters. The summed E-state index contributed by atoms with van der Waals surface area (Å²) in [5.74, 6) is 1.68. The van der Waals surface area contributed by atoms with Gasteiger partial charge in [-0.05, 0) is 73.7 Å². The first-order chi connectivity index (χ1) is 12.4. The normalized spacial score (nSPS) is 52.7. The van der Waals surface area contributed by atoms with Crippen LogP contribution in [0.4, 0.5) is 0 Å². The van der Waals surface area contributed by atoms with Crippen LogP contribution in [-0.4, -0.2) is 46.8 Å². The van der Waals surface area contributed by atoms with Crippen LogP contribution in [0, 0.1) is 34.0 Å². The van der Waals surface area contributed by atoms with Gasteiger partial charge >= 0.3 is 0 Å². The highest BCUT2D eigenvalue weighted by Crippen LogP contribution is 2.73. The van der Waals surface area contributed by atoms with Gasteiger partial charge in [-0.1, -0.05) is 19.9 Å². The van der Waals surface area contributed by atoms with E-state index in [1.54, 1.807) is 0 Å². The largest absolute Gasteiger partial charge is 0.395 e. The van der Waals surface area contributed by atoms with Crippen LogP contribution in [0.25, 0.3) is 0 Å². The summed E-state index contributed by atoms with van der Waals surface area (Å²) < 4.78 is 0. The van der Waals surface area contributed by atoms with Gasteiger partial charge in [0.15, 0.2) is 0 Å². The van der Waals surface area contributed by atoms with Gasteiger partial charge in [0.1, 0.15) is 0 Å². The van der Waals surface area contributed by atoms with Gasteiger partial charge in [-0.3, -0.25) is 4.79 Å². The Morgan fingerprint density at radius 3 is 2.69 bits per heavy atom. The molecule has 1 heterocycles. The lowest BCUT2D eigenvalue weighted by atomic mass is 9.35. The molecule has 6 fully saturated rings. The fourth-order valence-corrected chi connectivity index (χ4v) is 8.60. The number of carbonyl (C=O) groups excluding carboxylic acids is 1. The van der Waals surface area contributed by atoms with E-state index in [1.807, 2.05) is 4.90 Å². The van der Waals surface area contributed by atoms with E-state index >= 15 is 0 Å². The van der Waals surface area contributed by atoms with E-state index in [0.29, 0.717) is 24.3 Å². The first-order valence-electron chi connectivity index (χ1n) is 10.7. The molecule has 7 atom stereocenters. The van der Waals surface area contributed by atoms with Crippen molar-refractivity contribution in [3.8, 4) is 0 Å². The van der Waals surface area contributed by atoms with Crippen LogP contribution in [0.1, 0.15) is 58.3 Å². The third kappa shape index (κ3) is 1.81. The zero-order chi connectivity index (χ0) is 18.3. The summed E-state index contributed by atoms with van der Waals surface area (Å²) in [6.45, 7) is 7.77. The highest BCUT2D eigenvalue weighted by molar-refractivity contribution is 5.84. The zero-order valence-corrected chi connectivity index (χ0v) is 16.0. The topological polar surface area (TPSA) is 60.8 Å². The van der Waals surface area contributed by atoms with E-state index in [-0.39, 0.29) is 34.9 Å². The van der Waals surface area contributed by atoms with E-state index < -0.39 is 0 Å². The number of rotatable bonds is 2. The standard InChI is InChI=1S/C22H33NO3/c1-14-15-4-8-21(18(14)25)9-5-16-20(2)6-3-7-22(16,17(21)12-15)13-23(10-11-24)19(20)26/h15-18,24-25H,1,3-13H2,2H3/t15-,16-,17-,18-,20-,21-,22+/m1/s1. The Balaban J connectivity index is 1.62. The van der Waals surface area contributed by atoms with Crippen molar-refractivity contribution in [1.82, 2.24) is 4.90 Å². The second-order valence-electron chi connectivity index (χ2n) is 10.3. The number of nitrogens with zero attached hydrogens (tertiary/aromatic N) is 1. The van der Waals surface area contributed by atoms with Crippen LogP contribution in [0.5, 0.6) is 0 Å². The Morgan fingerprint density at radius 2 is 1.92 bits per heavy atom. The van der Waals surface area contributed by atoms with Crippen LogP contribution >= 0.6 is 0 Å². The summed E-state index contributed by atoms with van der Waals surface area (Å²) in [7, 11) is 0. The minimum absolute atomic E-state index is 0.00808. The van der Waals surface area contributed by atoms with Crippen LogP contribution in [-0.2, 0) is 4.79 Å². The van der Waals surface area contributed by atoms with Gasteiger partial charge in [0.05, 0.1) is 12.7 Å². The molecule has 4 nitrogen and oxygen atoms in total. The maximum Gasteiger partial charge on any atom is 0.228 e. The van der Waals surface area contributed by atoms with Crippen molar-refractivity contribution >= 4 is 5.91 Å². The molecule has 5 saturated carbocycles. The predicted octanol–water partition coefficient (Wildman–Crippen LogP) is 2.74. The highest BCUT2D eigenvalue weighted by Gasteiger charge is 2.71. The highest BCUT2D eigenvalue weighted by atomic mass is 16.3. The Bertz CT molecular complexity index is 662. The van der Waals surface area contributed by atoms with Crippen molar-refractivity contribution in [2.45, 2.75) is 64.4 Å². The third-order valence-electron chi connectivity index (χ3n) is 9.62. The van der Waals surface area contributed by atoms with E-state index in [2.05, 4.69) is 13.5 Å². The van der Waals surface area contributed by atoms with Gasteiger partial charge in [0.2, 0.25) is 5.91 Å². The number of piperidine rings is 1. The lowest BCUT2D eigenvalue weighted by molar-refractivity contribution is -0.237. The number of aliphatic hydroxyl groups is 2. The van der Waals surface area contributed by atoms with Gasteiger partial charge in [0.25, 0.3) is 0 Å². The minimum Gasteiger partial charge on any atom is -0.395 e. The third-order valence-corrected chi connectivity index (χ3v) is 9.62. The van der Waals surface area contributed by atoms with Gasteiger partial charge in [-0.25, -0.2) is 0 Å². The van der Waals surface area contributed by atoms with Crippen molar-refractivity contribution in [2.75, 3.05) is 19.7 Å². The number of hydrogen-bond acceptors (Lipinski definition) is 3. The van der Waals surface area contributed by atoms with Crippen LogP contribution in [0.15, 0.2) is 12.2 Å². The summed E-state index contributed by atoms with van der Waals surface area (Å²) in [5.41, 5.74) is 0.937. The molecule has 4 bridgehead atoms. The molecule has 2 N–H and O–H groups in total. The van der Waals surface area contributed by atoms with E-state index in [1.165, 1.54) is 12.8 Å². The molecule has 5 aliphatic carbocycles. The number of likely N-dealkylation sites (tertiary alicyclic amines) is 1. The van der Waals surface area contributed by atoms with Gasteiger partial charge < -0.3 is 15.1 Å². The molecule has 0 aromatic heterocycles. The quantitative estimate of drug-likeness (QED) is 0.745. The maximum atomic E-state index is 13.3. The molecule has 0 aromatic carbocycles. The average Bonchev–Trinajstić information content (AvgIpc) is 2.63. The molecule has 0 radical (unpaired) electrons. The fourth-order valence-electron chi connectivity index (χ4n) is 8.60.